The molecule has 0 radical (unpaired) electrons. The molecule has 1 aromatic heterocycles. The Hall–Kier alpha value is -2.72. The predicted molar refractivity (Wildman–Crippen MR) is 169 cm³/mol. The van der Waals surface area contributed by atoms with Crippen molar-refractivity contribution in [2.75, 3.05) is 43.1 Å². The maximum atomic E-state index is 12.6. The number of urea groups is 1. The molecule has 3 amide bonds. The van der Waals surface area contributed by atoms with Crippen LogP contribution in [0.5, 0.6) is 0 Å². The van der Waals surface area contributed by atoms with Gasteiger partial charge in [0.2, 0.25) is 0 Å². The quantitative estimate of drug-likeness (QED) is 0.293. The van der Waals surface area contributed by atoms with Crippen LogP contribution in [0.4, 0.5) is 15.6 Å². The van der Waals surface area contributed by atoms with Crippen molar-refractivity contribution in [3.8, 4) is 0 Å². The molecule has 40 heavy (non-hydrogen) atoms. The minimum absolute atomic E-state index is 0.241. The number of hydrogen-bond donors (Lipinski definition) is 3. The standard InChI is InChI=1S/C20H19ClN4O3S.C8H19N.C2H6/c1-12-2-5-16-17(10-12)29-20(22-16)24-19(27)23-18(26)14-11-13(3-4-15(14)21)25-6-8-28-9-7-25;1-7(2)9-6-8(3,4)5;1-2/h2-5,10-11H,6-9H2,1H3,(H2,22,23,24,26,27);7,9H,6H2,1-5H3;1-2H3. The molecule has 3 N–H and O–H groups in total. The molecule has 1 fully saturated rings. The van der Waals surface area contributed by atoms with E-state index in [2.05, 4.69) is 60.5 Å². The van der Waals surface area contributed by atoms with Crippen molar-refractivity contribution in [2.24, 2.45) is 5.41 Å². The van der Waals surface area contributed by atoms with Crippen LogP contribution >= 0.6 is 22.9 Å². The number of aryl methyl sites for hydroxylation is 1. The Morgan fingerprint density at radius 1 is 1.10 bits per heavy atom. The number of benzene rings is 2. The number of nitrogens with zero attached hydrogens (tertiary/aromatic N) is 2. The Labute approximate surface area is 247 Å². The number of rotatable bonds is 5. The fourth-order valence-electron chi connectivity index (χ4n) is 3.60. The molecule has 0 aliphatic carbocycles. The summed E-state index contributed by atoms with van der Waals surface area (Å²) in [5.41, 5.74) is 3.44. The van der Waals surface area contributed by atoms with E-state index in [4.69, 9.17) is 16.3 Å². The van der Waals surface area contributed by atoms with E-state index in [1.165, 1.54) is 11.3 Å². The third kappa shape index (κ3) is 11.0. The predicted octanol–water partition coefficient (Wildman–Crippen LogP) is 7.11. The Morgan fingerprint density at radius 3 is 2.38 bits per heavy atom. The fourth-order valence-corrected chi connectivity index (χ4v) is 4.76. The van der Waals surface area contributed by atoms with Gasteiger partial charge in [-0.25, -0.2) is 9.78 Å². The van der Waals surface area contributed by atoms with Gasteiger partial charge >= 0.3 is 6.03 Å². The highest BCUT2D eigenvalue weighted by molar-refractivity contribution is 7.22. The number of imide groups is 1. The van der Waals surface area contributed by atoms with Crippen LogP contribution in [0.15, 0.2) is 36.4 Å². The molecule has 1 aliphatic rings. The lowest BCUT2D eigenvalue weighted by Crippen LogP contribution is -2.37. The number of morpholine rings is 1. The summed E-state index contributed by atoms with van der Waals surface area (Å²) in [7, 11) is 0. The molecule has 10 heteroatoms. The zero-order valence-electron chi connectivity index (χ0n) is 25.0. The van der Waals surface area contributed by atoms with Gasteiger partial charge in [0.15, 0.2) is 5.13 Å². The van der Waals surface area contributed by atoms with Gasteiger partial charge < -0.3 is 15.0 Å². The maximum absolute atomic E-state index is 12.6. The average molecular weight is 590 g/mol. The van der Waals surface area contributed by atoms with Crippen LogP contribution in [0, 0.1) is 12.3 Å². The van der Waals surface area contributed by atoms with E-state index in [1.807, 2.05) is 45.0 Å². The van der Waals surface area contributed by atoms with E-state index in [0.717, 1.165) is 41.1 Å². The summed E-state index contributed by atoms with van der Waals surface area (Å²) in [5, 5.41) is 9.02. The zero-order valence-corrected chi connectivity index (χ0v) is 26.6. The van der Waals surface area contributed by atoms with Crippen molar-refractivity contribution in [1.82, 2.24) is 15.6 Å². The molecule has 8 nitrogen and oxygen atoms in total. The van der Waals surface area contributed by atoms with Gasteiger partial charge in [-0.05, 0) is 48.2 Å². The summed E-state index contributed by atoms with van der Waals surface area (Å²) < 4.78 is 6.32. The molecular formula is C30H44ClN5O3S. The number of hydrogen-bond acceptors (Lipinski definition) is 7. The molecule has 1 saturated heterocycles. The number of ether oxygens (including phenoxy) is 1. The second kappa shape index (κ2) is 15.9. The number of aromatic nitrogens is 1. The minimum atomic E-state index is -0.654. The summed E-state index contributed by atoms with van der Waals surface area (Å²) in [5.74, 6) is -0.570. The summed E-state index contributed by atoms with van der Waals surface area (Å²) in [6.45, 7) is 20.9. The highest BCUT2D eigenvalue weighted by Gasteiger charge is 2.18. The summed E-state index contributed by atoms with van der Waals surface area (Å²) in [6, 6.07) is 11.0. The van der Waals surface area contributed by atoms with Crippen LogP contribution in [-0.2, 0) is 4.74 Å². The van der Waals surface area contributed by atoms with Crippen molar-refractivity contribution < 1.29 is 14.3 Å². The highest BCUT2D eigenvalue weighted by Crippen LogP contribution is 2.27. The summed E-state index contributed by atoms with van der Waals surface area (Å²) >= 11 is 7.54. The van der Waals surface area contributed by atoms with Crippen molar-refractivity contribution >= 4 is 55.9 Å². The van der Waals surface area contributed by atoms with Gasteiger partial charge in [-0.3, -0.25) is 15.4 Å². The first-order valence-electron chi connectivity index (χ1n) is 13.8. The Bertz CT molecular complexity index is 1250. The van der Waals surface area contributed by atoms with E-state index in [-0.39, 0.29) is 10.6 Å². The molecule has 220 valence electrons. The number of halogens is 1. The highest BCUT2D eigenvalue weighted by atomic mass is 35.5. The van der Waals surface area contributed by atoms with Gasteiger partial charge in [-0.15, -0.1) is 0 Å². The van der Waals surface area contributed by atoms with Gasteiger partial charge in [-0.2, -0.15) is 0 Å². The van der Waals surface area contributed by atoms with Gasteiger partial charge in [0.1, 0.15) is 0 Å². The Kier molecular flexibility index (Phi) is 13.3. The number of carbonyl (C=O) groups excluding carboxylic acids is 2. The SMILES string of the molecule is CC.CC(C)NCC(C)(C)C.Cc1ccc2nc(NC(=O)NC(=O)c3cc(N4CCOCC4)ccc3Cl)sc2c1. The Balaban J connectivity index is 0.000000436. The number of carbonyl (C=O) groups is 2. The first kappa shape index (κ1) is 33.5. The Morgan fingerprint density at radius 2 is 1.77 bits per heavy atom. The average Bonchev–Trinajstić information content (AvgIpc) is 3.30. The normalized spacial score (nSPS) is 13.2. The lowest BCUT2D eigenvalue weighted by Gasteiger charge is -2.29. The van der Waals surface area contributed by atoms with Crippen molar-refractivity contribution in [1.29, 1.82) is 0 Å². The number of amides is 3. The largest absolute Gasteiger partial charge is 0.378 e. The number of thiazole rings is 1. The second-order valence-corrected chi connectivity index (χ2v) is 12.2. The van der Waals surface area contributed by atoms with Crippen LogP contribution in [0.2, 0.25) is 5.02 Å². The molecule has 2 aromatic carbocycles. The van der Waals surface area contributed by atoms with E-state index in [0.29, 0.717) is 29.8 Å². The fraction of sp³-hybridized carbons (Fsp3) is 0.500. The van der Waals surface area contributed by atoms with E-state index in [9.17, 15) is 9.59 Å². The van der Waals surface area contributed by atoms with Gasteiger partial charge in [0, 0.05) is 31.4 Å². The van der Waals surface area contributed by atoms with Crippen LogP contribution < -0.4 is 20.9 Å². The number of fused-ring (bicyclic) bond motifs is 1. The molecule has 0 saturated carbocycles. The maximum Gasteiger partial charge on any atom is 0.327 e. The van der Waals surface area contributed by atoms with Crippen molar-refractivity contribution in [2.45, 2.75) is 61.4 Å². The first-order valence-corrected chi connectivity index (χ1v) is 15.0. The monoisotopic (exact) mass is 589 g/mol. The van der Waals surface area contributed by atoms with Gasteiger partial charge in [0.05, 0.1) is 34.0 Å². The van der Waals surface area contributed by atoms with E-state index in [1.54, 1.807) is 12.1 Å². The van der Waals surface area contributed by atoms with Crippen LogP contribution in [0.3, 0.4) is 0 Å². The van der Waals surface area contributed by atoms with E-state index < -0.39 is 11.9 Å². The first-order chi connectivity index (χ1) is 18.9. The zero-order chi connectivity index (χ0) is 29.9. The molecule has 2 heterocycles. The molecule has 4 rings (SSSR count). The topological polar surface area (TPSA) is 95.6 Å². The molecular weight excluding hydrogens is 546 g/mol. The van der Waals surface area contributed by atoms with Crippen LogP contribution in [0.25, 0.3) is 10.2 Å². The molecule has 1 aliphatic heterocycles. The van der Waals surface area contributed by atoms with E-state index >= 15 is 0 Å². The van der Waals surface area contributed by atoms with Crippen LogP contribution in [-0.4, -0.2) is 55.8 Å². The van der Waals surface area contributed by atoms with Gasteiger partial charge in [0.25, 0.3) is 5.91 Å². The smallest absolute Gasteiger partial charge is 0.327 e. The van der Waals surface area contributed by atoms with Crippen molar-refractivity contribution in [3.05, 3.63) is 52.5 Å². The number of nitrogens with one attached hydrogen (secondary N) is 3. The second-order valence-electron chi connectivity index (χ2n) is 10.8. The lowest BCUT2D eigenvalue weighted by atomic mass is 9.97. The minimum Gasteiger partial charge on any atom is -0.378 e. The lowest BCUT2D eigenvalue weighted by molar-refractivity contribution is 0.0967. The molecule has 0 spiro atoms. The molecule has 0 bridgehead atoms. The van der Waals surface area contributed by atoms with Crippen LogP contribution in [0.1, 0.15) is 64.4 Å². The molecule has 3 aromatic rings. The van der Waals surface area contributed by atoms with Crippen molar-refractivity contribution in [3.63, 3.8) is 0 Å². The third-order valence-corrected chi connectivity index (χ3v) is 6.87. The summed E-state index contributed by atoms with van der Waals surface area (Å²) in [4.78, 5) is 31.4. The summed E-state index contributed by atoms with van der Waals surface area (Å²) in [6.07, 6.45) is 0. The molecule has 0 atom stereocenters. The van der Waals surface area contributed by atoms with Gasteiger partial charge in [-0.1, -0.05) is 77.5 Å². The third-order valence-electron chi connectivity index (χ3n) is 5.60. The molecule has 0 unspecified atom stereocenters. The number of anilines is 2.